The van der Waals surface area contributed by atoms with Crippen LogP contribution in [-0.2, 0) is 4.79 Å². The van der Waals surface area contributed by atoms with E-state index in [1.807, 2.05) is 30.3 Å². The largest absolute Gasteiger partial charge is 0.289 e. The maximum absolute atomic E-state index is 11.4. The van der Waals surface area contributed by atoms with Crippen molar-refractivity contribution in [2.75, 3.05) is 17.7 Å². The van der Waals surface area contributed by atoms with Crippen molar-refractivity contribution in [2.24, 2.45) is 5.10 Å². The molecule has 1 aliphatic rings. The fourth-order valence-corrected chi connectivity index (χ4v) is 2.20. The number of thioether (sulfide) groups is 1. The standard InChI is InChI=1S/C12H13N3O2S/c1-9(7-15-11(16)8-18-12(15)17)13-14-10-5-3-2-4-6-10/h2-6,14H,7-8H2,1H3/b13-9+. The zero-order valence-electron chi connectivity index (χ0n) is 9.92. The Morgan fingerprint density at radius 2 is 2.11 bits per heavy atom. The fraction of sp³-hybridized carbons (Fsp3) is 0.250. The first-order valence-corrected chi connectivity index (χ1v) is 6.47. The Hall–Kier alpha value is -1.82. The van der Waals surface area contributed by atoms with Crippen LogP contribution in [0, 0.1) is 0 Å². The molecule has 0 spiro atoms. The predicted octanol–water partition coefficient (Wildman–Crippen LogP) is 2.17. The highest BCUT2D eigenvalue weighted by molar-refractivity contribution is 8.14. The van der Waals surface area contributed by atoms with Gasteiger partial charge < -0.3 is 0 Å². The van der Waals surface area contributed by atoms with E-state index < -0.39 is 0 Å². The van der Waals surface area contributed by atoms with Crippen LogP contribution in [0.15, 0.2) is 35.4 Å². The number of nitrogens with one attached hydrogen (secondary N) is 1. The summed E-state index contributed by atoms with van der Waals surface area (Å²) in [4.78, 5) is 24.0. The zero-order valence-corrected chi connectivity index (χ0v) is 10.7. The molecule has 1 fully saturated rings. The molecular weight excluding hydrogens is 250 g/mol. The Bertz CT molecular complexity index is 471. The molecule has 18 heavy (non-hydrogen) atoms. The molecule has 0 aliphatic carbocycles. The molecule has 0 saturated carbocycles. The number of hydrazone groups is 1. The number of carbonyl (C=O) groups is 2. The Labute approximate surface area is 109 Å². The highest BCUT2D eigenvalue weighted by atomic mass is 32.2. The normalized spacial score (nSPS) is 16.3. The van der Waals surface area contributed by atoms with E-state index >= 15 is 0 Å². The van der Waals surface area contributed by atoms with Crippen LogP contribution in [0.3, 0.4) is 0 Å². The van der Waals surface area contributed by atoms with Gasteiger partial charge in [-0.15, -0.1) is 0 Å². The van der Waals surface area contributed by atoms with E-state index in [0.717, 1.165) is 17.4 Å². The highest BCUT2D eigenvalue weighted by Crippen LogP contribution is 2.18. The number of hydrogen-bond acceptors (Lipinski definition) is 5. The summed E-state index contributed by atoms with van der Waals surface area (Å²) in [5, 5.41) is 3.94. The van der Waals surface area contributed by atoms with E-state index in [2.05, 4.69) is 10.5 Å². The first-order chi connectivity index (χ1) is 8.66. The Morgan fingerprint density at radius 1 is 1.39 bits per heavy atom. The molecule has 5 nitrogen and oxygen atoms in total. The summed E-state index contributed by atoms with van der Waals surface area (Å²) >= 11 is 1.03. The third kappa shape index (κ3) is 3.10. The van der Waals surface area contributed by atoms with E-state index in [-0.39, 0.29) is 23.4 Å². The lowest BCUT2D eigenvalue weighted by Crippen LogP contribution is -2.33. The van der Waals surface area contributed by atoms with Crippen molar-refractivity contribution >= 4 is 34.3 Å². The molecule has 1 N–H and O–H groups in total. The summed E-state index contributed by atoms with van der Waals surface area (Å²) < 4.78 is 0. The highest BCUT2D eigenvalue weighted by Gasteiger charge is 2.29. The van der Waals surface area contributed by atoms with Crippen LogP contribution in [0.25, 0.3) is 0 Å². The molecular formula is C12H13N3O2S. The molecule has 2 amide bonds. The number of rotatable bonds is 4. The van der Waals surface area contributed by atoms with Gasteiger partial charge in [-0.05, 0) is 19.1 Å². The van der Waals surface area contributed by atoms with Gasteiger partial charge in [-0.2, -0.15) is 5.10 Å². The lowest BCUT2D eigenvalue weighted by Gasteiger charge is -2.12. The topological polar surface area (TPSA) is 61.8 Å². The van der Waals surface area contributed by atoms with Crippen LogP contribution in [0.2, 0.25) is 0 Å². The summed E-state index contributed by atoms with van der Waals surface area (Å²) in [6.45, 7) is 2.02. The predicted molar refractivity (Wildman–Crippen MR) is 72.7 cm³/mol. The van der Waals surface area contributed by atoms with Crippen molar-refractivity contribution in [1.82, 2.24) is 4.90 Å². The third-order valence-electron chi connectivity index (χ3n) is 2.38. The first kappa shape index (κ1) is 12.6. The second kappa shape index (κ2) is 5.68. The molecule has 1 heterocycles. The molecule has 94 valence electrons. The molecule has 1 aliphatic heterocycles. The van der Waals surface area contributed by atoms with E-state index in [4.69, 9.17) is 0 Å². The first-order valence-electron chi connectivity index (χ1n) is 5.48. The number of hydrogen-bond donors (Lipinski definition) is 1. The summed E-state index contributed by atoms with van der Waals surface area (Å²) in [7, 11) is 0. The van der Waals surface area contributed by atoms with Gasteiger partial charge in [-0.25, -0.2) is 0 Å². The Balaban J connectivity index is 1.93. The number of imide groups is 1. The van der Waals surface area contributed by atoms with E-state index in [9.17, 15) is 9.59 Å². The van der Waals surface area contributed by atoms with Crippen molar-refractivity contribution in [1.29, 1.82) is 0 Å². The van der Waals surface area contributed by atoms with Crippen molar-refractivity contribution < 1.29 is 9.59 Å². The van der Waals surface area contributed by atoms with Crippen molar-refractivity contribution in [3.63, 3.8) is 0 Å². The van der Waals surface area contributed by atoms with Crippen molar-refractivity contribution in [3.05, 3.63) is 30.3 Å². The van der Waals surface area contributed by atoms with Crippen LogP contribution < -0.4 is 5.43 Å². The van der Waals surface area contributed by atoms with Gasteiger partial charge in [-0.3, -0.25) is 19.9 Å². The monoisotopic (exact) mass is 263 g/mol. The summed E-state index contributed by atoms with van der Waals surface area (Å²) in [5.41, 5.74) is 4.43. The SMILES string of the molecule is C/C(CN1C(=O)CSC1=O)=N\Nc1ccccc1. The van der Waals surface area contributed by atoms with Gasteiger partial charge in [0.2, 0.25) is 5.91 Å². The second-order valence-corrected chi connectivity index (χ2v) is 4.79. The molecule has 0 atom stereocenters. The van der Waals surface area contributed by atoms with Crippen molar-refractivity contribution in [2.45, 2.75) is 6.92 Å². The van der Waals surface area contributed by atoms with Gasteiger partial charge in [0, 0.05) is 0 Å². The van der Waals surface area contributed by atoms with E-state index in [1.165, 1.54) is 4.90 Å². The van der Waals surface area contributed by atoms with Crippen LogP contribution in [-0.4, -0.2) is 34.1 Å². The number of para-hydroxylation sites is 1. The molecule has 2 rings (SSSR count). The average molecular weight is 263 g/mol. The quantitative estimate of drug-likeness (QED) is 0.668. The average Bonchev–Trinajstić information content (AvgIpc) is 2.69. The van der Waals surface area contributed by atoms with Crippen LogP contribution in [0.1, 0.15) is 6.92 Å². The number of anilines is 1. The minimum atomic E-state index is -0.200. The van der Waals surface area contributed by atoms with Gasteiger partial charge in [0.05, 0.1) is 23.7 Å². The Morgan fingerprint density at radius 3 is 2.72 bits per heavy atom. The molecule has 0 bridgehead atoms. The van der Waals surface area contributed by atoms with Crippen LogP contribution >= 0.6 is 11.8 Å². The van der Waals surface area contributed by atoms with E-state index in [1.54, 1.807) is 6.92 Å². The molecule has 0 radical (unpaired) electrons. The zero-order chi connectivity index (χ0) is 13.0. The molecule has 0 aromatic heterocycles. The smallest absolute Gasteiger partial charge is 0.279 e. The third-order valence-corrected chi connectivity index (χ3v) is 3.24. The summed E-state index contributed by atoms with van der Waals surface area (Å²) in [5.74, 6) is 0.0809. The number of amides is 2. The maximum Gasteiger partial charge on any atom is 0.289 e. The summed E-state index contributed by atoms with van der Waals surface area (Å²) in [6, 6.07) is 9.49. The van der Waals surface area contributed by atoms with Gasteiger partial charge in [-0.1, -0.05) is 30.0 Å². The molecule has 1 saturated heterocycles. The van der Waals surface area contributed by atoms with Gasteiger partial charge in [0.1, 0.15) is 0 Å². The maximum atomic E-state index is 11.4. The van der Waals surface area contributed by atoms with Crippen molar-refractivity contribution in [3.8, 4) is 0 Å². The minimum Gasteiger partial charge on any atom is -0.279 e. The lowest BCUT2D eigenvalue weighted by molar-refractivity contribution is -0.124. The lowest BCUT2D eigenvalue weighted by atomic mass is 10.3. The molecule has 1 aromatic carbocycles. The molecule has 1 aromatic rings. The fourth-order valence-electron chi connectivity index (χ4n) is 1.47. The molecule has 6 heteroatoms. The van der Waals surface area contributed by atoms with Gasteiger partial charge >= 0.3 is 0 Å². The number of nitrogens with zero attached hydrogens (tertiary/aromatic N) is 2. The minimum absolute atomic E-state index is 0.153. The summed E-state index contributed by atoms with van der Waals surface area (Å²) in [6.07, 6.45) is 0. The van der Waals surface area contributed by atoms with Crippen LogP contribution in [0.5, 0.6) is 0 Å². The van der Waals surface area contributed by atoms with E-state index in [0.29, 0.717) is 5.71 Å². The number of carbonyl (C=O) groups excluding carboxylic acids is 2. The van der Waals surface area contributed by atoms with Gasteiger partial charge in [0.15, 0.2) is 0 Å². The van der Waals surface area contributed by atoms with Crippen LogP contribution in [0.4, 0.5) is 10.5 Å². The Kier molecular flexibility index (Phi) is 3.99. The molecule has 0 unspecified atom stereocenters. The number of benzene rings is 1. The van der Waals surface area contributed by atoms with Gasteiger partial charge in [0.25, 0.3) is 5.24 Å². The second-order valence-electron chi connectivity index (χ2n) is 3.86.